The summed E-state index contributed by atoms with van der Waals surface area (Å²) in [5.74, 6) is -0.345. The lowest BCUT2D eigenvalue weighted by molar-refractivity contribution is 0.0910. The smallest absolute Gasteiger partial charge is 0.276 e. The van der Waals surface area contributed by atoms with Gasteiger partial charge >= 0.3 is 0 Å². The average molecular weight is 431 g/mol. The Labute approximate surface area is 189 Å². The number of nitrogens with zero attached hydrogens (tertiary/aromatic N) is 2. The van der Waals surface area contributed by atoms with Crippen LogP contribution in [0.5, 0.6) is 0 Å². The zero-order valence-corrected chi connectivity index (χ0v) is 19.2. The first-order chi connectivity index (χ1) is 15.3. The zero-order chi connectivity index (χ0) is 22.9. The van der Waals surface area contributed by atoms with Crippen LogP contribution in [0, 0.1) is 6.92 Å². The average Bonchev–Trinajstić information content (AvgIpc) is 3.37. The van der Waals surface area contributed by atoms with Gasteiger partial charge in [0.15, 0.2) is 5.69 Å². The third-order valence-electron chi connectivity index (χ3n) is 6.16. The standard InChI is InChI=1S/C26H30N4O2/c1-5-26(3,4)28-24(31)18-11-13-19(14-12-18)27-25(32)23-21-7-6-8-22(21)30(29-23)20-15-9-17(2)10-16-20/h9-16H,5-8H2,1-4H3,(H,27,32)(H,28,31). The number of fused-ring (bicyclic) bond motifs is 1. The van der Waals surface area contributed by atoms with E-state index in [9.17, 15) is 9.59 Å². The van der Waals surface area contributed by atoms with Crippen LogP contribution in [0.2, 0.25) is 0 Å². The van der Waals surface area contributed by atoms with E-state index < -0.39 is 0 Å². The van der Waals surface area contributed by atoms with Gasteiger partial charge in [-0.15, -0.1) is 0 Å². The zero-order valence-electron chi connectivity index (χ0n) is 19.2. The topological polar surface area (TPSA) is 76.0 Å². The summed E-state index contributed by atoms with van der Waals surface area (Å²) in [7, 11) is 0. The molecule has 0 spiro atoms. The van der Waals surface area contributed by atoms with Gasteiger partial charge in [0.2, 0.25) is 0 Å². The number of rotatable bonds is 6. The Kier molecular flexibility index (Phi) is 5.87. The van der Waals surface area contributed by atoms with Crippen molar-refractivity contribution in [3.8, 4) is 5.69 Å². The number of amides is 2. The van der Waals surface area contributed by atoms with Crippen molar-refractivity contribution in [2.45, 2.75) is 58.9 Å². The number of nitrogens with one attached hydrogen (secondary N) is 2. The predicted molar refractivity (Wildman–Crippen MR) is 127 cm³/mol. The summed E-state index contributed by atoms with van der Waals surface area (Å²) in [4.78, 5) is 25.5. The van der Waals surface area contributed by atoms with Crippen LogP contribution in [0.25, 0.3) is 5.69 Å². The Morgan fingerprint density at radius 1 is 1.00 bits per heavy atom. The van der Waals surface area contributed by atoms with Gasteiger partial charge in [-0.2, -0.15) is 5.10 Å². The van der Waals surface area contributed by atoms with E-state index in [4.69, 9.17) is 0 Å². The number of carbonyl (C=O) groups excluding carboxylic acids is 2. The Hall–Kier alpha value is -3.41. The summed E-state index contributed by atoms with van der Waals surface area (Å²) in [6.45, 7) is 8.08. The normalized spacial score (nSPS) is 13.0. The molecule has 0 saturated carbocycles. The quantitative estimate of drug-likeness (QED) is 0.587. The number of hydrogen-bond donors (Lipinski definition) is 2. The molecule has 2 amide bonds. The molecule has 0 bridgehead atoms. The van der Waals surface area contributed by atoms with E-state index in [1.165, 1.54) is 5.56 Å². The fourth-order valence-electron chi connectivity index (χ4n) is 3.88. The molecule has 3 aromatic rings. The van der Waals surface area contributed by atoms with Crippen molar-refractivity contribution in [2.24, 2.45) is 0 Å². The molecule has 1 aliphatic rings. The molecule has 2 aromatic carbocycles. The van der Waals surface area contributed by atoms with Crippen molar-refractivity contribution < 1.29 is 9.59 Å². The molecule has 0 radical (unpaired) electrons. The van der Waals surface area contributed by atoms with E-state index in [0.717, 1.165) is 42.6 Å². The van der Waals surface area contributed by atoms with E-state index in [1.807, 2.05) is 37.6 Å². The van der Waals surface area contributed by atoms with Crippen LogP contribution in [0.1, 0.15) is 71.3 Å². The molecular formula is C26H30N4O2. The second kappa shape index (κ2) is 8.61. The highest BCUT2D eigenvalue weighted by Gasteiger charge is 2.27. The molecule has 6 nitrogen and oxygen atoms in total. The van der Waals surface area contributed by atoms with E-state index in [2.05, 4.69) is 34.8 Å². The highest BCUT2D eigenvalue weighted by atomic mass is 16.2. The molecule has 0 atom stereocenters. The first-order valence-corrected chi connectivity index (χ1v) is 11.2. The minimum Gasteiger partial charge on any atom is -0.347 e. The molecule has 0 aliphatic heterocycles. The largest absolute Gasteiger partial charge is 0.347 e. The van der Waals surface area contributed by atoms with Crippen LogP contribution >= 0.6 is 0 Å². The molecule has 0 unspecified atom stereocenters. The molecule has 32 heavy (non-hydrogen) atoms. The third kappa shape index (κ3) is 4.44. The molecule has 1 aromatic heterocycles. The summed E-state index contributed by atoms with van der Waals surface area (Å²) in [5, 5.41) is 10.6. The number of benzene rings is 2. The number of hydrogen-bond acceptors (Lipinski definition) is 3. The SMILES string of the molecule is CCC(C)(C)NC(=O)c1ccc(NC(=O)c2nn(-c3ccc(C)cc3)c3c2CCC3)cc1. The van der Waals surface area contributed by atoms with Gasteiger partial charge in [-0.25, -0.2) is 4.68 Å². The fraction of sp³-hybridized carbons (Fsp3) is 0.346. The number of carbonyl (C=O) groups is 2. The molecule has 166 valence electrons. The predicted octanol–water partition coefficient (Wildman–Crippen LogP) is 4.84. The van der Waals surface area contributed by atoms with Crippen molar-refractivity contribution >= 4 is 17.5 Å². The van der Waals surface area contributed by atoms with Crippen molar-refractivity contribution in [3.63, 3.8) is 0 Å². The number of aryl methyl sites for hydroxylation is 1. The summed E-state index contributed by atoms with van der Waals surface area (Å²) in [5.41, 5.74) is 5.71. The van der Waals surface area contributed by atoms with Gasteiger partial charge in [0.05, 0.1) is 5.69 Å². The maximum atomic E-state index is 13.1. The van der Waals surface area contributed by atoms with Gasteiger partial charge < -0.3 is 10.6 Å². The molecule has 4 rings (SSSR count). The summed E-state index contributed by atoms with van der Waals surface area (Å²) >= 11 is 0. The van der Waals surface area contributed by atoms with Crippen LogP contribution in [0.15, 0.2) is 48.5 Å². The highest BCUT2D eigenvalue weighted by molar-refractivity contribution is 6.04. The van der Waals surface area contributed by atoms with Crippen molar-refractivity contribution in [1.82, 2.24) is 15.1 Å². The first-order valence-electron chi connectivity index (χ1n) is 11.2. The van der Waals surface area contributed by atoms with Gasteiger partial charge in [-0.3, -0.25) is 9.59 Å². The monoisotopic (exact) mass is 430 g/mol. The molecule has 0 fully saturated rings. The van der Waals surface area contributed by atoms with Crippen molar-refractivity contribution in [1.29, 1.82) is 0 Å². The van der Waals surface area contributed by atoms with Crippen molar-refractivity contribution in [3.05, 3.63) is 76.6 Å². The van der Waals surface area contributed by atoms with Gasteiger partial charge in [-0.1, -0.05) is 24.6 Å². The molecular weight excluding hydrogens is 400 g/mol. The van der Waals surface area contributed by atoms with Crippen LogP contribution in [-0.4, -0.2) is 27.1 Å². The molecule has 2 N–H and O–H groups in total. The van der Waals surface area contributed by atoms with Crippen LogP contribution in [-0.2, 0) is 12.8 Å². The van der Waals surface area contributed by atoms with Crippen LogP contribution < -0.4 is 10.6 Å². The Morgan fingerprint density at radius 3 is 2.34 bits per heavy atom. The summed E-state index contributed by atoms with van der Waals surface area (Å²) in [6, 6.07) is 15.1. The van der Waals surface area contributed by atoms with Gasteiger partial charge in [0.25, 0.3) is 11.8 Å². The molecule has 0 saturated heterocycles. The molecule has 1 heterocycles. The minimum absolute atomic E-state index is 0.121. The van der Waals surface area contributed by atoms with Crippen LogP contribution in [0.3, 0.4) is 0 Å². The summed E-state index contributed by atoms with van der Waals surface area (Å²) in [6.07, 6.45) is 3.64. The maximum absolute atomic E-state index is 13.1. The van der Waals surface area contributed by atoms with Crippen molar-refractivity contribution in [2.75, 3.05) is 5.32 Å². The Balaban J connectivity index is 1.52. The molecule has 1 aliphatic carbocycles. The maximum Gasteiger partial charge on any atom is 0.276 e. The second-order valence-electron chi connectivity index (χ2n) is 9.10. The lowest BCUT2D eigenvalue weighted by Crippen LogP contribution is -2.42. The van der Waals surface area contributed by atoms with E-state index in [1.54, 1.807) is 24.3 Å². The van der Waals surface area contributed by atoms with Gasteiger partial charge in [0, 0.05) is 28.0 Å². The van der Waals surface area contributed by atoms with E-state index >= 15 is 0 Å². The molecule has 6 heteroatoms. The Morgan fingerprint density at radius 2 is 1.69 bits per heavy atom. The van der Waals surface area contributed by atoms with E-state index in [0.29, 0.717) is 16.9 Å². The first kappa shape index (κ1) is 21.8. The second-order valence-corrected chi connectivity index (χ2v) is 9.10. The highest BCUT2D eigenvalue weighted by Crippen LogP contribution is 2.28. The van der Waals surface area contributed by atoms with E-state index in [-0.39, 0.29) is 17.4 Å². The minimum atomic E-state index is -0.263. The fourth-order valence-corrected chi connectivity index (χ4v) is 3.88. The lowest BCUT2D eigenvalue weighted by Gasteiger charge is -2.24. The number of anilines is 1. The lowest BCUT2D eigenvalue weighted by atomic mass is 10.0. The van der Waals surface area contributed by atoms with Gasteiger partial charge in [0.1, 0.15) is 0 Å². The van der Waals surface area contributed by atoms with Crippen LogP contribution in [0.4, 0.5) is 5.69 Å². The number of aromatic nitrogens is 2. The van der Waals surface area contributed by atoms with Gasteiger partial charge in [-0.05, 0) is 82.9 Å². The third-order valence-corrected chi connectivity index (χ3v) is 6.16. The summed E-state index contributed by atoms with van der Waals surface area (Å²) < 4.78 is 1.90. The Bertz CT molecular complexity index is 1140.